The summed E-state index contributed by atoms with van der Waals surface area (Å²) < 4.78 is 5.96. The van der Waals surface area contributed by atoms with Crippen LogP contribution in [0.15, 0.2) is 78.9 Å². The summed E-state index contributed by atoms with van der Waals surface area (Å²) in [4.78, 5) is 29.4. The molecule has 35 heavy (non-hydrogen) atoms. The second-order valence-electron chi connectivity index (χ2n) is 8.56. The number of hydrogen-bond acceptors (Lipinski definition) is 5. The predicted molar refractivity (Wildman–Crippen MR) is 138 cm³/mol. The summed E-state index contributed by atoms with van der Waals surface area (Å²) in [6.45, 7) is 1.59. The first-order chi connectivity index (χ1) is 17.0. The van der Waals surface area contributed by atoms with Crippen LogP contribution in [0, 0.1) is 0 Å². The lowest BCUT2D eigenvalue weighted by Crippen LogP contribution is -2.44. The Morgan fingerprint density at radius 3 is 2.51 bits per heavy atom. The maximum Gasteiger partial charge on any atom is 0.242 e. The van der Waals surface area contributed by atoms with E-state index in [1.807, 2.05) is 72.8 Å². The highest BCUT2D eigenvalue weighted by atomic mass is 35.5. The predicted octanol–water partition coefficient (Wildman–Crippen LogP) is 3.81. The number of anilines is 1. The van der Waals surface area contributed by atoms with Crippen LogP contribution in [0.3, 0.4) is 0 Å². The second-order valence-corrected chi connectivity index (χ2v) is 9.00. The number of hydrogen-bond donors (Lipinski definition) is 2. The molecule has 7 nitrogen and oxygen atoms in total. The zero-order valence-electron chi connectivity index (χ0n) is 19.4. The Bertz CT molecular complexity index is 1160. The fraction of sp³-hybridized carbons (Fsp3) is 0.259. The third-order valence-electron chi connectivity index (χ3n) is 5.78. The van der Waals surface area contributed by atoms with Crippen LogP contribution in [0.2, 0.25) is 5.02 Å². The van der Waals surface area contributed by atoms with Gasteiger partial charge in [-0.1, -0.05) is 48.0 Å². The molecule has 2 amide bonds. The first kappa shape index (κ1) is 24.6. The second kappa shape index (κ2) is 11.7. The summed E-state index contributed by atoms with van der Waals surface area (Å²) in [5.41, 5.74) is 7.60. The van der Waals surface area contributed by atoms with Crippen LogP contribution in [0.5, 0.6) is 11.5 Å². The van der Waals surface area contributed by atoms with Crippen LogP contribution in [-0.4, -0.2) is 48.9 Å². The van der Waals surface area contributed by atoms with E-state index in [1.165, 1.54) is 0 Å². The van der Waals surface area contributed by atoms with E-state index in [0.29, 0.717) is 41.8 Å². The van der Waals surface area contributed by atoms with Gasteiger partial charge in [0, 0.05) is 42.5 Å². The topological polar surface area (TPSA) is 87.9 Å². The number of rotatable bonds is 9. The van der Waals surface area contributed by atoms with Crippen molar-refractivity contribution >= 4 is 29.1 Å². The molecule has 1 saturated heterocycles. The van der Waals surface area contributed by atoms with Crippen LogP contribution in [-0.2, 0) is 16.1 Å². The van der Waals surface area contributed by atoms with Gasteiger partial charge in [0.1, 0.15) is 11.5 Å². The molecule has 3 aromatic rings. The van der Waals surface area contributed by atoms with Crippen molar-refractivity contribution in [1.82, 2.24) is 10.2 Å². The van der Waals surface area contributed by atoms with Crippen molar-refractivity contribution in [2.24, 2.45) is 5.73 Å². The quantitative estimate of drug-likeness (QED) is 0.474. The molecule has 4 rings (SSSR count). The molecule has 0 aliphatic carbocycles. The van der Waals surface area contributed by atoms with Gasteiger partial charge in [-0.2, -0.15) is 0 Å². The van der Waals surface area contributed by atoms with Crippen molar-refractivity contribution < 1.29 is 14.3 Å². The standard InChI is InChI=1S/C27H29ClN4O3/c28-21-7-4-6-20(14-21)16-30-26(33)18-32(19-27(34)31-13-12-22(29)17-31)23-8-5-11-25(15-23)35-24-9-2-1-3-10-24/h1-11,14-15,22H,12-13,16-19,29H2,(H,30,33). The minimum absolute atomic E-state index is 0.00371. The van der Waals surface area contributed by atoms with E-state index >= 15 is 0 Å². The molecule has 0 radical (unpaired) electrons. The average molecular weight is 493 g/mol. The van der Waals surface area contributed by atoms with Crippen molar-refractivity contribution in [1.29, 1.82) is 0 Å². The highest BCUT2D eigenvalue weighted by Gasteiger charge is 2.26. The fourth-order valence-corrected chi connectivity index (χ4v) is 4.17. The molecule has 8 heteroatoms. The molecule has 1 aliphatic rings. The van der Waals surface area contributed by atoms with Crippen LogP contribution in [0.1, 0.15) is 12.0 Å². The Labute approximate surface area is 210 Å². The Balaban J connectivity index is 1.48. The van der Waals surface area contributed by atoms with E-state index in [4.69, 9.17) is 22.1 Å². The van der Waals surface area contributed by atoms with Gasteiger partial charge < -0.3 is 25.6 Å². The summed E-state index contributed by atoms with van der Waals surface area (Å²) in [5.74, 6) is 1.06. The minimum atomic E-state index is -0.203. The van der Waals surface area contributed by atoms with Gasteiger partial charge in [-0.15, -0.1) is 0 Å². The number of nitrogens with zero attached hydrogens (tertiary/aromatic N) is 2. The number of para-hydroxylation sites is 1. The zero-order valence-corrected chi connectivity index (χ0v) is 20.2. The van der Waals surface area contributed by atoms with Crippen molar-refractivity contribution in [2.45, 2.75) is 19.0 Å². The third-order valence-corrected chi connectivity index (χ3v) is 6.01. The molecular weight excluding hydrogens is 464 g/mol. The van der Waals surface area contributed by atoms with Crippen LogP contribution in [0.25, 0.3) is 0 Å². The molecule has 0 bridgehead atoms. The van der Waals surface area contributed by atoms with Gasteiger partial charge >= 0.3 is 0 Å². The largest absolute Gasteiger partial charge is 0.457 e. The first-order valence-electron chi connectivity index (χ1n) is 11.6. The normalized spacial score (nSPS) is 15.0. The third kappa shape index (κ3) is 7.21. The number of benzene rings is 3. The lowest BCUT2D eigenvalue weighted by Gasteiger charge is -2.27. The lowest BCUT2D eigenvalue weighted by molar-refractivity contribution is -0.128. The number of ether oxygens (including phenoxy) is 1. The summed E-state index contributed by atoms with van der Waals surface area (Å²) in [5, 5.41) is 3.53. The fourth-order valence-electron chi connectivity index (χ4n) is 3.96. The number of carbonyl (C=O) groups is 2. The van der Waals surface area contributed by atoms with Gasteiger partial charge in [-0.3, -0.25) is 9.59 Å². The van der Waals surface area contributed by atoms with Crippen molar-refractivity contribution in [2.75, 3.05) is 31.1 Å². The summed E-state index contributed by atoms with van der Waals surface area (Å²) in [7, 11) is 0. The van der Waals surface area contributed by atoms with E-state index in [-0.39, 0.29) is 30.9 Å². The van der Waals surface area contributed by atoms with Crippen molar-refractivity contribution in [3.05, 3.63) is 89.4 Å². The minimum Gasteiger partial charge on any atom is -0.457 e. The molecule has 3 N–H and O–H groups in total. The van der Waals surface area contributed by atoms with Crippen molar-refractivity contribution in [3.63, 3.8) is 0 Å². The Hall–Kier alpha value is -3.55. The van der Waals surface area contributed by atoms with Crippen LogP contribution in [0.4, 0.5) is 5.69 Å². The van der Waals surface area contributed by atoms with Crippen LogP contribution >= 0.6 is 11.6 Å². The number of halogens is 1. The molecule has 182 valence electrons. The number of nitrogens with two attached hydrogens (primary N) is 1. The molecule has 1 unspecified atom stereocenters. The molecular formula is C27H29ClN4O3. The summed E-state index contributed by atoms with van der Waals surface area (Å²) >= 11 is 6.04. The molecule has 0 saturated carbocycles. The van der Waals surface area contributed by atoms with Gasteiger partial charge in [-0.05, 0) is 48.4 Å². The SMILES string of the molecule is NC1CCN(C(=O)CN(CC(=O)NCc2cccc(Cl)c2)c2cccc(Oc3ccccc3)c2)C1. The maximum atomic E-state index is 13.0. The van der Waals surface area contributed by atoms with E-state index in [2.05, 4.69) is 5.32 Å². The van der Waals surface area contributed by atoms with E-state index in [9.17, 15) is 9.59 Å². The van der Waals surface area contributed by atoms with E-state index < -0.39 is 0 Å². The summed E-state index contributed by atoms with van der Waals surface area (Å²) in [6.07, 6.45) is 0.784. The average Bonchev–Trinajstić information content (AvgIpc) is 3.30. The van der Waals surface area contributed by atoms with E-state index in [0.717, 1.165) is 12.0 Å². The smallest absolute Gasteiger partial charge is 0.242 e. The van der Waals surface area contributed by atoms with E-state index in [1.54, 1.807) is 15.9 Å². The molecule has 1 atom stereocenters. The molecule has 1 aliphatic heterocycles. The van der Waals surface area contributed by atoms with Gasteiger partial charge in [-0.25, -0.2) is 0 Å². The molecule has 1 heterocycles. The molecule has 0 aromatic heterocycles. The Morgan fingerprint density at radius 2 is 1.77 bits per heavy atom. The molecule has 0 spiro atoms. The number of nitrogens with one attached hydrogen (secondary N) is 1. The Kier molecular flexibility index (Phi) is 8.23. The summed E-state index contributed by atoms with van der Waals surface area (Å²) in [6, 6.07) is 24.2. The lowest BCUT2D eigenvalue weighted by atomic mass is 10.2. The highest BCUT2D eigenvalue weighted by Crippen LogP contribution is 2.26. The van der Waals surface area contributed by atoms with Gasteiger partial charge in [0.15, 0.2) is 0 Å². The van der Waals surface area contributed by atoms with Gasteiger partial charge in [0.05, 0.1) is 13.1 Å². The van der Waals surface area contributed by atoms with Gasteiger partial charge in [0.2, 0.25) is 11.8 Å². The van der Waals surface area contributed by atoms with Gasteiger partial charge in [0.25, 0.3) is 0 Å². The number of carbonyl (C=O) groups excluding carboxylic acids is 2. The van der Waals surface area contributed by atoms with Crippen LogP contribution < -0.4 is 20.7 Å². The molecule has 3 aromatic carbocycles. The number of amides is 2. The maximum absolute atomic E-state index is 13.0. The number of likely N-dealkylation sites (tertiary alicyclic amines) is 1. The molecule has 1 fully saturated rings. The Morgan fingerprint density at radius 1 is 1.00 bits per heavy atom. The highest BCUT2D eigenvalue weighted by molar-refractivity contribution is 6.30. The van der Waals surface area contributed by atoms with Crippen molar-refractivity contribution in [3.8, 4) is 11.5 Å². The first-order valence-corrected chi connectivity index (χ1v) is 12.0. The monoisotopic (exact) mass is 492 g/mol. The zero-order chi connectivity index (χ0) is 24.6.